The predicted molar refractivity (Wildman–Crippen MR) is 129 cm³/mol. The highest BCUT2D eigenvalue weighted by Crippen LogP contribution is 2.21. The van der Waals surface area contributed by atoms with Crippen LogP contribution in [-0.4, -0.2) is 23.5 Å². The van der Waals surface area contributed by atoms with E-state index in [2.05, 4.69) is 10.6 Å². The standard InChI is InChI=1S/C25H25N3O2S/c1-3-28(20-13-5-4-6-14-20)24(30)21-15-9-10-16-22(21)26-25(31)27-23(29)17-19-12-8-7-11-18(19)2/h4-16H,3,17H2,1-2H3,(H2,26,27,29,31). The lowest BCUT2D eigenvalue weighted by Crippen LogP contribution is -2.36. The van der Waals surface area contributed by atoms with E-state index in [0.717, 1.165) is 16.8 Å². The SMILES string of the molecule is CCN(C(=O)c1ccccc1NC(=S)NC(=O)Cc1ccccc1C)c1ccccc1. The number of thiocarbonyl (C=S) groups is 1. The zero-order valence-electron chi connectivity index (χ0n) is 17.6. The van der Waals surface area contributed by atoms with Gasteiger partial charge in [-0.3, -0.25) is 9.59 Å². The van der Waals surface area contributed by atoms with Crippen LogP contribution >= 0.6 is 12.2 Å². The highest BCUT2D eigenvalue weighted by atomic mass is 32.1. The van der Waals surface area contributed by atoms with Gasteiger partial charge in [-0.2, -0.15) is 0 Å². The third-order valence-electron chi connectivity index (χ3n) is 4.90. The fraction of sp³-hybridized carbons (Fsp3) is 0.160. The molecule has 0 aromatic heterocycles. The zero-order valence-corrected chi connectivity index (χ0v) is 18.4. The number of para-hydroxylation sites is 2. The molecule has 0 radical (unpaired) electrons. The van der Waals surface area contributed by atoms with Crippen LogP contribution in [0.15, 0.2) is 78.9 Å². The van der Waals surface area contributed by atoms with E-state index in [1.807, 2.05) is 74.5 Å². The maximum absolute atomic E-state index is 13.2. The average Bonchev–Trinajstić information content (AvgIpc) is 2.77. The number of aryl methyl sites for hydroxylation is 1. The predicted octanol–water partition coefficient (Wildman–Crippen LogP) is 4.72. The Morgan fingerprint density at radius 3 is 2.26 bits per heavy atom. The minimum atomic E-state index is -0.213. The lowest BCUT2D eigenvalue weighted by atomic mass is 10.1. The van der Waals surface area contributed by atoms with Crippen molar-refractivity contribution in [3.8, 4) is 0 Å². The summed E-state index contributed by atoms with van der Waals surface area (Å²) in [6, 6.07) is 24.4. The van der Waals surface area contributed by atoms with Crippen LogP contribution in [0.2, 0.25) is 0 Å². The Balaban J connectivity index is 1.71. The van der Waals surface area contributed by atoms with E-state index in [9.17, 15) is 9.59 Å². The second-order valence-electron chi connectivity index (χ2n) is 7.04. The topological polar surface area (TPSA) is 61.4 Å². The maximum atomic E-state index is 13.2. The molecule has 3 rings (SSSR count). The molecule has 158 valence electrons. The lowest BCUT2D eigenvalue weighted by Gasteiger charge is -2.23. The van der Waals surface area contributed by atoms with Crippen molar-refractivity contribution in [2.24, 2.45) is 0 Å². The summed E-state index contributed by atoms with van der Waals surface area (Å²) in [6.45, 7) is 4.42. The Hall–Kier alpha value is -3.51. The first-order valence-electron chi connectivity index (χ1n) is 10.1. The van der Waals surface area contributed by atoms with Crippen LogP contribution in [0.5, 0.6) is 0 Å². The number of hydrogen-bond acceptors (Lipinski definition) is 3. The molecule has 0 bridgehead atoms. The summed E-state index contributed by atoms with van der Waals surface area (Å²) >= 11 is 5.33. The Morgan fingerprint density at radius 1 is 0.903 bits per heavy atom. The van der Waals surface area contributed by atoms with Gasteiger partial charge in [0, 0.05) is 12.2 Å². The molecule has 2 N–H and O–H groups in total. The highest BCUT2D eigenvalue weighted by Gasteiger charge is 2.19. The summed E-state index contributed by atoms with van der Waals surface area (Å²) in [6.07, 6.45) is 0.229. The van der Waals surface area contributed by atoms with Crippen molar-refractivity contribution < 1.29 is 9.59 Å². The van der Waals surface area contributed by atoms with Gasteiger partial charge >= 0.3 is 0 Å². The highest BCUT2D eigenvalue weighted by molar-refractivity contribution is 7.80. The fourth-order valence-corrected chi connectivity index (χ4v) is 3.50. The number of amides is 2. The molecule has 3 aromatic rings. The summed E-state index contributed by atoms with van der Waals surface area (Å²) < 4.78 is 0. The number of carbonyl (C=O) groups excluding carboxylic acids is 2. The number of benzene rings is 3. The van der Waals surface area contributed by atoms with Gasteiger partial charge in [-0.05, 0) is 61.5 Å². The Labute approximate surface area is 188 Å². The molecule has 5 nitrogen and oxygen atoms in total. The molecule has 3 aromatic carbocycles. The quantitative estimate of drug-likeness (QED) is 0.555. The number of nitrogens with one attached hydrogen (secondary N) is 2. The second kappa shape index (κ2) is 10.5. The molecule has 0 atom stereocenters. The average molecular weight is 432 g/mol. The van der Waals surface area contributed by atoms with Gasteiger partial charge in [0.15, 0.2) is 5.11 Å². The number of anilines is 2. The van der Waals surface area contributed by atoms with Gasteiger partial charge in [0.2, 0.25) is 5.91 Å². The van der Waals surface area contributed by atoms with Crippen LogP contribution in [0.3, 0.4) is 0 Å². The zero-order chi connectivity index (χ0) is 22.2. The second-order valence-corrected chi connectivity index (χ2v) is 7.44. The first-order chi connectivity index (χ1) is 15.0. The van der Waals surface area contributed by atoms with Crippen molar-refractivity contribution in [1.82, 2.24) is 5.32 Å². The molecule has 0 saturated carbocycles. The van der Waals surface area contributed by atoms with Gasteiger partial charge in [0.1, 0.15) is 0 Å². The smallest absolute Gasteiger partial charge is 0.260 e. The molecule has 0 fully saturated rings. The molecule has 6 heteroatoms. The third kappa shape index (κ3) is 5.77. The van der Waals surface area contributed by atoms with E-state index in [4.69, 9.17) is 12.2 Å². The maximum Gasteiger partial charge on any atom is 0.260 e. The molecule has 0 heterocycles. The van der Waals surface area contributed by atoms with Crippen molar-refractivity contribution in [2.45, 2.75) is 20.3 Å². The van der Waals surface area contributed by atoms with Gasteiger partial charge < -0.3 is 15.5 Å². The minimum Gasteiger partial charge on any atom is -0.332 e. The minimum absolute atomic E-state index is 0.147. The summed E-state index contributed by atoms with van der Waals surface area (Å²) in [7, 11) is 0. The van der Waals surface area contributed by atoms with Gasteiger partial charge in [-0.15, -0.1) is 0 Å². The molecule has 0 unspecified atom stereocenters. The van der Waals surface area contributed by atoms with Crippen LogP contribution in [0.1, 0.15) is 28.4 Å². The monoisotopic (exact) mass is 431 g/mol. The fourth-order valence-electron chi connectivity index (χ4n) is 3.28. The summed E-state index contributed by atoms with van der Waals surface area (Å²) in [5.74, 6) is -0.360. The van der Waals surface area contributed by atoms with Crippen LogP contribution in [0, 0.1) is 6.92 Å². The number of hydrogen-bond donors (Lipinski definition) is 2. The van der Waals surface area contributed by atoms with Crippen molar-refractivity contribution in [1.29, 1.82) is 0 Å². The molecule has 31 heavy (non-hydrogen) atoms. The van der Waals surface area contributed by atoms with E-state index < -0.39 is 0 Å². The van der Waals surface area contributed by atoms with Gasteiger partial charge in [0.05, 0.1) is 17.7 Å². The van der Waals surface area contributed by atoms with Crippen LogP contribution < -0.4 is 15.5 Å². The summed E-state index contributed by atoms with van der Waals surface area (Å²) in [4.78, 5) is 27.3. The van der Waals surface area contributed by atoms with E-state index in [0.29, 0.717) is 17.8 Å². The normalized spacial score (nSPS) is 10.3. The molecule has 0 saturated heterocycles. The van der Waals surface area contributed by atoms with Crippen LogP contribution in [0.25, 0.3) is 0 Å². The van der Waals surface area contributed by atoms with E-state index in [1.165, 1.54) is 0 Å². The number of carbonyl (C=O) groups is 2. The van der Waals surface area contributed by atoms with Crippen molar-refractivity contribution in [2.75, 3.05) is 16.8 Å². The Bertz CT molecular complexity index is 1080. The Morgan fingerprint density at radius 2 is 1.55 bits per heavy atom. The first-order valence-corrected chi connectivity index (χ1v) is 10.5. The van der Waals surface area contributed by atoms with Crippen LogP contribution in [-0.2, 0) is 11.2 Å². The Kier molecular flexibility index (Phi) is 7.51. The largest absolute Gasteiger partial charge is 0.332 e. The van der Waals surface area contributed by atoms with Crippen molar-refractivity contribution >= 4 is 40.5 Å². The van der Waals surface area contributed by atoms with E-state index in [1.54, 1.807) is 23.1 Å². The van der Waals surface area contributed by atoms with E-state index in [-0.39, 0.29) is 23.3 Å². The number of rotatable bonds is 6. The van der Waals surface area contributed by atoms with Crippen molar-refractivity contribution in [3.63, 3.8) is 0 Å². The van der Waals surface area contributed by atoms with Gasteiger partial charge in [-0.25, -0.2) is 0 Å². The van der Waals surface area contributed by atoms with Gasteiger partial charge in [0.25, 0.3) is 5.91 Å². The first kappa shape index (κ1) is 22.2. The molecular formula is C25H25N3O2S. The summed E-state index contributed by atoms with van der Waals surface area (Å²) in [5, 5.41) is 5.86. The number of nitrogens with zero attached hydrogens (tertiary/aromatic N) is 1. The molecule has 0 aliphatic heterocycles. The summed E-state index contributed by atoms with van der Waals surface area (Å²) in [5.41, 5.74) is 3.83. The molecule has 2 amide bonds. The lowest BCUT2D eigenvalue weighted by molar-refractivity contribution is -0.119. The van der Waals surface area contributed by atoms with Gasteiger partial charge in [-0.1, -0.05) is 54.6 Å². The van der Waals surface area contributed by atoms with E-state index >= 15 is 0 Å². The molecular weight excluding hydrogens is 406 g/mol. The van der Waals surface area contributed by atoms with Crippen LogP contribution in [0.4, 0.5) is 11.4 Å². The molecule has 0 aliphatic rings. The van der Waals surface area contributed by atoms with Crippen molar-refractivity contribution in [3.05, 3.63) is 95.6 Å². The molecule has 0 spiro atoms. The molecule has 0 aliphatic carbocycles. The third-order valence-corrected chi connectivity index (χ3v) is 5.10.